The summed E-state index contributed by atoms with van der Waals surface area (Å²) in [5, 5.41) is 15.7. The molecule has 0 aromatic heterocycles. The topological polar surface area (TPSA) is 90.4 Å². The van der Waals surface area contributed by atoms with E-state index in [0.29, 0.717) is 59.5 Å². The van der Waals surface area contributed by atoms with Crippen LogP contribution in [-0.2, 0) is 23.7 Å². The smallest absolute Gasteiger partial charge is 0.104 e. The van der Waals surface area contributed by atoms with E-state index < -0.39 is 0 Å². The molecule has 0 saturated carbocycles. The lowest BCUT2D eigenvalue weighted by atomic mass is 10.4. The van der Waals surface area contributed by atoms with Crippen LogP contribution in [-0.4, -0.2) is 103 Å². The summed E-state index contributed by atoms with van der Waals surface area (Å²) in [5.74, 6) is 0. The predicted octanol–water partition coefficient (Wildman–Crippen LogP) is -1.38. The number of aliphatic hydroxyl groups excluding tert-OH is 1. The number of ether oxygens (including phenoxy) is 5. The summed E-state index contributed by atoms with van der Waals surface area (Å²) in [5.41, 5.74) is 0. The maximum Gasteiger partial charge on any atom is 0.104 e. The Kier molecular flexibility index (Phi) is 14.9. The van der Waals surface area contributed by atoms with E-state index in [9.17, 15) is 5.11 Å². The van der Waals surface area contributed by atoms with Gasteiger partial charge >= 0.3 is 0 Å². The zero-order valence-electron chi connectivity index (χ0n) is 14.0. The Balaban J connectivity index is 2.14. The largest absolute Gasteiger partial charge is 0.394 e. The molecule has 0 radical (unpaired) electrons. The van der Waals surface area contributed by atoms with Crippen molar-refractivity contribution < 1.29 is 28.8 Å². The second-order valence-corrected chi connectivity index (χ2v) is 5.09. The molecule has 0 aromatic rings. The van der Waals surface area contributed by atoms with Crippen molar-refractivity contribution in [2.75, 3.05) is 92.2 Å². The Bertz CT molecular complexity index is 226. The van der Waals surface area contributed by atoms with E-state index in [1.165, 1.54) is 0 Å². The molecule has 1 rings (SSSR count). The van der Waals surface area contributed by atoms with Crippen LogP contribution in [0.15, 0.2) is 0 Å². The van der Waals surface area contributed by atoms with Crippen LogP contribution in [0.25, 0.3) is 0 Å². The van der Waals surface area contributed by atoms with E-state index in [1.54, 1.807) is 0 Å². The molecule has 1 atom stereocenters. The van der Waals surface area contributed by atoms with Gasteiger partial charge in [0.2, 0.25) is 0 Å². The van der Waals surface area contributed by atoms with Gasteiger partial charge in [-0.05, 0) is 0 Å². The van der Waals surface area contributed by atoms with Crippen LogP contribution in [0.3, 0.4) is 0 Å². The molecule has 0 spiro atoms. The number of rotatable bonds is 1. The lowest BCUT2D eigenvalue weighted by Gasteiger charge is -2.16. The molecule has 0 aromatic carbocycles. The van der Waals surface area contributed by atoms with Crippen LogP contribution in [0.4, 0.5) is 0 Å². The minimum absolute atomic E-state index is 0.0373. The molecule has 1 unspecified atom stereocenters. The molecule has 0 aliphatic carbocycles. The van der Waals surface area contributed by atoms with Crippen LogP contribution < -0.4 is 10.6 Å². The SMILES string of the molecule is OCC1COCCNCCOCCOCCOCCNCCO1. The van der Waals surface area contributed by atoms with Gasteiger partial charge in [0.15, 0.2) is 0 Å². The normalized spacial score (nSPS) is 26.2. The first-order valence-corrected chi connectivity index (χ1v) is 8.38. The molecule has 8 nitrogen and oxygen atoms in total. The zero-order valence-corrected chi connectivity index (χ0v) is 14.0. The highest BCUT2D eigenvalue weighted by Crippen LogP contribution is 1.92. The first kappa shape index (κ1) is 20.7. The monoisotopic (exact) mass is 336 g/mol. The molecule has 1 heterocycles. The fraction of sp³-hybridized carbons (Fsp3) is 1.00. The summed E-state index contributed by atoms with van der Waals surface area (Å²) in [7, 11) is 0. The molecule has 23 heavy (non-hydrogen) atoms. The molecule has 0 bridgehead atoms. The van der Waals surface area contributed by atoms with Crippen molar-refractivity contribution in [2.45, 2.75) is 6.10 Å². The molecule has 138 valence electrons. The van der Waals surface area contributed by atoms with Gasteiger partial charge in [0, 0.05) is 26.2 Å². The van der Waals surface area contributed by atoms with Crippen molar-refractivity contribution >= 4 is 0 Å². The molecular formula is C15H32N2O6. The summed E-state index contributed by atoms with van der Waals surface area (Å²) in [6.07, 6.45) is -0.275. The number of aliphatic hydroxyl groups is 1. The molecule has 1 aliphatic rings. The van der Waals surface area contributed by atoms with Gasteiger partial charge in [-0.25, -0.2) is 0 Å². The van der Waals surface area contributed by atoms with Crippen molar-refractivity contribution in [1.29, 1.82) is 0 Å². The van der Waals surface area contributed by atoms with Gasteiger partial charge in [0.1, 0.15) is 6.10 Å². The Hall–Kier alpha value is -0.320. The molecular weight excluding hydrogens is 304 g/mol. The third-order valence-electron chi connectivity index (χ3n) is 3.15. The van der Waals surface area contributed by atoms with E-state index in [-0.39, 0.29) is 12.7 Å². The van der Waals surface area contributed by atoms with Crippen LogP contribution in [0.2, 0.25) is 0 Å². The van der Waals surface area contributed by atoms with E-state index in [2.05, 4.69) is 10.6 Å². The average molecular weight is 336 g/mol. The highest BCUT2D eigenvalue weighted by Gasteiger charge is 2.07. The van der Waals surface area contributed by atoms with E-state index in [1.807, 2.05) is 0 Å². The van der Waals surface area contributed by atoms with Crippen LogP contribution in [0, 0.1) is 0 Å². The van der Waals surface area contributed by atoms with Crippen LogP contribution in [0.5, 0.6) is 0 Å². The lowest BCUT2D eigenvalue weighted by Crippen LogP contribution is -2.31. The maximum atomic E-state index is 9.24. The Labute approximate surface area is 138 Å². The van der Waals surface area contributed by atoms with Crippen molar-refractivity contribution in [1.82, 2.24) is 10.6 Å². The summed E-state index contributed by atoms with van der Waals surface area (Å²) in [4.78, 5) is 0. The van der Waals surface area contributed by atoms with Crippen molar-refractivity contribution in [3.8, 4) is 0 Å². The highest BCUT2D eigenvalue weighted by molar-refractivity contribution is 4.56. The Morgan fingerprint density at radius 3 is 1.70 bits per heavy atom. The molecule has 1 fully saturated rings. The van der Waals surface area contributed by atoms with Crippen LogP contribution >= 0.6 is 0 Å². The van der Waals surface area contributed by atoms with Gasteiger partial charge < -0.3 is 39.4 Å². The molecule has 8 heteroatoms. The van der Waals surface area contributed by atoms with Crippen molar-refractivity contribution in [2.24, 2.45) is 0 Å². The summed E-state index contributed by atoms with van der Waals surface area (Å²) in [6.45, 7) is 8.11. The summed E-state index contributed by atoms with van der Waals surface area (Å²) in [6, 6.07) is 0. The Morgan fingerprint density at radius 1 is 0.652 bits per heavy atom. The number of nitrogens with one attached hydrogen (secondary N) is 2. The quantitative estimate of drug-likeness (QED) is 0.540. The summed E-state index contributed by atoms with van der Waals surface area (Å²) >= 11 is 0. The third kappa shape index (κ3) is 13.8. The highest BCUT2D eigenvalue weighted by atomic mass is 16.5. The second-order valence-electron chi connectivity index (χ2n) is 5.09. The molecule has 0 amide bonds. The van der Waals surface area contributed by atoms with E-state index in [0.717, 1.165) is 26.2 Å². The van der Waals surface area contributed by atoms with Crippen LogP contribution in [0.1, 0.15) is 0 Å². The van der Waals surface area contributed by atoms with Gasteiger partial charge in [-0.3, -0.25) is 0 Å². The van der Waals surface area contributed by atoms with E-state index >= 15 is 0 Å². The minimum Gasteiger partial charge on any atom is -0.394 e. The zero-order chi connectivity index (χ0) is 16.4. The van der Waals surface area contributed by atoms with Gasteiger partial charge in [-0.2, -0.15) is 0 Å². The first-order valence-electron chi connectivity index (χ1n) is 8.38. The summed E-state index contributed by atoms with van der Waals surface area (Å²) < 4.78 is 27.3. The van der Waals surface area contributed by atoms with Crippen molar-refractivity contribution in [3.05, 3.63) is 0 Å². The third-order valence-corrected chi connectivity index (χ3v) is 3.15. The van der Waals surface area contributed by atoms with Gasteiger partial charge in [0.05, 0.1) is 66.1 Å². The van der Waals surface area contributed by atoms with E-state index in [4.69, 9.17) is 23.7 Å². The molecule has 1 aliphatic heterocycles. The van der Waals surface area contributed by atoms with Gasteiger partial charge in [0.25, 0.3) is 0 Å². The predicted molar refractivity (Wildman–Crippen MR) is 85.8 cm³/mol. The number of hydrogen-bond acceptors (Lipinski definition) is 8. The first-order chi connectivity index (χ1) is 11.4. The lowest BCUT2D eigenvalue weighted by molar-refractivity contribution is -0.0405. The molecule has 3 N–H and O–H groups in total. The fourth-order valence-corrected chi connectivity index (χ4v) is 1.89. The average Bonchev–Trinajstić information content (AvgIpc) is 2.57. The Morgan fingerprint density at radius 2 is 1.13 bits per heavy atom. The molecule has 1 saturated heterocycles. The van der Waals surface area contributed by atoms with Crippen molar-refractivity contribution in [3.63, 3.8) is 0 Å². The maximum absolute atomic E-state index is 9.24. The number of hydrogen-bond donors (Lipinski definition) is 3. The minimum atomic E-state index is -0.275. The fourth-order valence-electron chi connectivity index (χ4n) is 1.89. The second kappa shape index (κ2) is 16.5. The van der Waals surface area contributed by atoms with Gasteiger partial charge in [-0.15, -0.1) is 0 Å². The van der Waals surface area contributed by atoms with Gasteiger partial charge in [-0.1, -0.05) is 0 Å². The standard InChI is InChI=1S/C15H32N2O6/c18-13-15-14-22-7-3-16-1-5-19-9-11-21-12-10-20-6-2-17-4-8-23-15/h15-18H,1-14H2.